The number of aliphatic hydroxyl groups is 1. The fourth-order valence-corrected chi connectivity index (χ4v) is 2.62. The molecule has 1 N–H and O–H groups in total. The van der Waals surface area contributed by atoms with Crippen molar-refractivity contribution >= 4 is 6.09 Å². The second kappa shape index (κ2) is 7.85. The average Bonchev–Trinajstić information content (AvgIpc) is 2.54. The number of carbonyl (C=O) groups excluding carboxylic acids is 1. The molecule has 0 saturated carbocycles. The Hall–Kier alpha value is -1.79. The molecule has 2 rings (SSSR count). The van der Waals surface area contributed by atoms with Gasteiger partial charge in [-0.15, -0.1) is 0 Å². The lowest BCUT2D eigenvalue weighted by atomic mass is 10.1. The number of benzene rings is 1. The van der Waals surface area contributed by atoms with Crippen molar-refractivity contribution in [2.75, 3.05) is 39.8 Å². The molecule has 0 spiro atoms. The van der Waals surface area contributed by atoms with Crippen molar-refractivity contribution in [2.24, 2.45) is 0 Å². The van der Waals surface area contributed by atoms with Crippen molar-refractivity contribution in [1.82, 2.24) is 9.80 Å². The predicted molar refractivity (Wildman–Crippen MR) is 92.2 cm³/mol. The minimum absolute atomic E-state index is 0.266. The normalized spacial score (nSPS) is 17.5. The van der Waals surface area contributed by atoms with Crippen LogP contribution in [0.5, 0.6) is 5.75 Å². The number of carbonyl (C=O) groups is 1. The van der Waals surface area contributed by atoms with Crippen LogP contribution in [0.1, 0.15) is 32.4 Å². The molecule has 1 aromatic carbocycles. The van der Waals surface area contributed by atoms with Gasteiger partial charge in [0, 0.05) is 32.7 Å². The van der Waals surface area contributed by atoms with Gasteiger partial charge in [0.15, 0.2) is 0 Å². The highest BCUT2D eigenvalue weighted by Crippen LogP contribution is 2.19. The van der Waals surface area contributed by atoms with Crippen molar-refractivity contribution in [3.8, 4) is 5.75 Å². The molecule has 0 aliphatic carbocycles. The summed E-state index contributed by atoms with van der Waals surface area (Å²) in [6.45, 7) is 8.84. The van der Waals surface area contributed by atoms with E-state index in [1.165, 1.54) is 0 Å². The summed E-state index contributed by atoms with van der Waals surface area (Å²) in [5, 5.41) is 10.4. The smallest absolute Gasteiger partial charge is 0.410 e. The highest BCUT2D eigenvalue weighted by molar-refractivity contribution is 5.68. The van der Waals surface area contributed by atoms with E-state index in [0.717, 1.165) is 24.4 Å². The number of amides is 1. The summed E-state index contributed by atoms with van der Waals surface area (Å²) in [6.07, 6.45) is -0.818. The van der Waals surface area contributed by atoms with Gasteiger partial charge in [-0.1, -0.05) is 12.1 Å². The third-order valence-electron chi connectivity index (χ3n) is 3.96. The Labute approximate surface area is 144 Å². The van der Waals surface area contributed by atoms with Gasteiger partial charge >= 0.3 is 6.09 Å². The molecular formula is C18H28N2O4. The number of β-amino-alcohol motifs (C(OH)–C–C–N with tert-alkyl or cyclic N) is 1. The molecule has 134 valence electrons. The predicted octanol–water partition coefficient (Wildman–Crippen LogP) is 2.28. The number of hydrogen-bond acceptors (Lipinski definition) is 5. The third kappa shape index (κ3) is 5.39. The summed E-state index contributed by atoms with van der Waals surface area (Å²) < 4.78 is 10.5. The molecule has 1 saturated heterocycles. The van der Waals surface area contributed by atoms with Gasteiger partial charge < -0.3 is 19.5 Å². The second-order valence-electron chi connectivity index (χ2n) is 7.06. The van der Waals surface area contributed by atoms with Crippen LogP contribution in [0, 0.1) is 0 Å². The van der Waals surface area contributed by atoms with E-state index in [4.69, 9.17) is 9.47 Å². The minimum atomic E-state index is -0.552. The fourth-order valence-electron chi connectivity index (χ4n) is 2.62. The summed E-state index contributed by atoms with van der Waals surface area (Å²) in [5.41, 5.74) is 0.393. The first kappa shape index (κ1) is 18.5. The zero-order valence-electron chi connectivity index (χ0n) is 15.0. The molecule has 1 aliphatic rings. The van der Waals surface area contributed by atoms with Crippen LogP contribution in [0.25, 0.3) is 0 Å². The fraction of sp³-hybridized carbons (Fsp3) is 0.611. The molecule has 0 radical (unpaired) electrons. The van der Waals surface area contributed by atoms with Crippen molar-refractivity contribution in [2.45, 2.75) is 32.5 Å². The summed E-state index contributed by atoms with van der Waals surface area (Å²) in [5.74, 6) is 0.775. The Morgan fingerprint density at radius 3 is 2.25 bits per heavy atom. The van der Waals surface area contributed by atoms with Crippen LogP contribution in [0.4, 0.5) is 4.79 Å². The van der Waals surface area contributed by atoms with E-state index in [0.29, 0.717) is 19.6 Å². The Bertz CT molecular complexity index is 531. The van der Waals surface area contributed by atoms with Crippen LogP contribution in [-0.4, -0.2) is 66.4 Å². The summed E-state index contributed by atoms with van der Waals surface area (Å²) >= 11 is 0. The molecule has 1 aromatic rings. The number of ether oxygens (including phenoxy) is 2. The van der Waals surface area contributed by atoms with Gasteiger partial charge in [-0.2, -0.15) is 0 Å². The maximum Gasteiger partial charge on any atom is 0.410 e. The van der Waals surface area contributed by atoms with Crippen molar-refractivity contribution in [3.05, 3.63) is 29.8 Å². The summed E-state index contributed by atoms with van der Waals surface area (Å²) in [7, 11) is 1.62. The van der Waals surface area contributed by atoms with Crippen LogP contribution in [0.15, 0.2) is 24.3 Å². The first-order valence-electron chi connectivity index (χ1n) is 8.31. The largest absolute Gasteiger partial charge is 0.497 e. The summed E-state index contributed by atoms with van der Waals surface area (Å²) in [4.78, 5) is 15.9. The van der Waals surface area contributed by atoms with E-state index in [-0.39, 0.29) is 6.09 Å². The molecule has 0 bridgehead atoms. The lowest BCUT2D eigenvalue weighted by molar-refractivity contribution is 0.0101. The highest BCUT2D eigenvalue weighted by Gasteiger charge is 2.26. The molecule has 1 amide bonds. The van der Waals surface area contributed by atoms with E-state index >= 15 is 0 Å². The molecule has 6 nitrogen and oxygen atoms in total. The first-order valence-corrected chi connectivity index (χ1v) is 8.31. The molecule has 1 fully saturated rings. The molecule has 0 aromatic heterocycles. The monoisotopic (exact) mass is 336 g/mol. The highest BCUT2D eigenvalue weighted by atomic mass is 16.6. The van der Waals surface area contributed by atoms with E-state index in [2.05, 4.69) is 4.90 Å². The number of hydrogen-bond donors (Lipinski definition) is 1. The van der Waals surface area contributed by atoms with E-state index in [9.17, 15) is 9.90 Å². The number of nitrogens with zero attached hydrogens (tertiary/aromatic N) is 2. The maximum absolute atomic E-state index is 12.0. The maximum atomic E-state index is 12.0. The van der Waals surface area contributed by atoms with Gasteiger partial charge in [0.2, 0.25) is 0 Å². The number of rotatable bonds is 4. The number of aliphatic hydroxyl groups excluding tert-OH is 1. The topological polar surface area (TPSA) is 62.2 Å². The lowest BCUT2D eigenvalue weighted by Gasteiger charge is -2.36. The number of piperazine rings is 1. The molecule has 0 unspecified atom stereocenters. The molecular weight excluding hydrogens is 308 g/mol. The molecule has 6 heteroatoms. The van der Waals surface area contributed by atoms with Crippen LogP contribution < -0.4 is 4.74 Å². The Morgan fingerprint density at radius 1 is 1.17 bits per heavy atom. The first-order chi connectivity index (χ1) is 11.3. The van der Waals surface area contributed by atoms with Crippen LogP contribution in [-0.2, 0) is 4.74 Å². The van der Waals surface area contributed by atoms with Crippen molar-refractivity contribution in [3.63, 3.8) is 0 Å². The van der Waals surface area contributed by atoms with Crippen molar-refractivity contribution < 1.29 is 19.4 Å². The average molecular weight is 336 g/mol. The van der Waals surface area contributed by atoms with Gasteiger partial charge in [0.1, 0.15) is 11.4 Å². The van der Waals surface area contributed by atoms with E-state index in [1.807, 2.05) is 45.0 Å². The van der Waals surface area contributed by atoms with Gasteiger partial charge in [0.05, 0.1) is 13.2 Å². The van der Waals surface area contributed by atoms with Gasteiger partial charge in [-0.3, -0.25) is 4.90 Å². The summed E-state index contributed by atoms with van der Waals surface area (Å²) in [6, 6.07) is 7.44. The molecule has 1 heterocycles. The van der Waals surface area contributed by atoms with Crippen molar-refractivity contribution in [1.29, 1.82) is 0 Å². The Kier molecular flexibility index (Phi) is 6.07. The molecule has 1 atom stereocenters. The van der Waals surface area contributed by atoms with Gasteiger partial charge in [0.25, 0.3) is 0 Å². The Balaban J connectivity index is 1.80. The van der Waals surface area contributed by atoms with Crippen LogP contribution in [0.3, 0.4) is 0 Å². The standard InChI is InChI=1S/C18H28N2O4/c1-18(2,3)24-17(22)20-11-9-19(10-12-20)13-16(21)14-5-7-15(23-4)8-6-14/h5-8,16,21H,9-13H2,1-4H3/t16-/m0/s1. The minimum Gasteiger partial charge on any atom is -0.497 e. The zero-order valence-corrected chi connectivity index (χ0v) is 15.0. The number of methoxy groups -OCH3 is 1. The third-order valence-corrected chi connectivity index (χ3v) is 3.96. The SMILES string of the molecule is COc1ccc([C@@H](O)CN2CCN(C(=O)OC(C)(C)C)CC2)cc1. The zero-order chi connectivity index (χ0) is 17.7. The van der Waals surface area contributed by atoms with Gasteiger partial charge in [-0.25, -0.2) is 4.79 Å². The quantitative estimate of drug-likeness (QED) is 0.914. The second-order valence-corrected chi connectivity index (χ2v) is 7.06. The van der Waals surface area contributed by atoms with E-state index in [1.54, 1.807) is 12.0 Å². The lowest BCUT2D eigenvalue weighted by Crippen LogP contribution is -2.50. The van der Waals surface area contributed by atoms with Crippen LogP contribution >= 0.6 is 0 Å². The molecule has 1 aliphatic heterocycles. The van der Waals surface area contributed by atoms with E-state index < -0.39 is 11.7 Å². The molecule has 24 heavy (non-hydrogen) atoms. The van der Waals surface area contributed by atoms with Gasteiger partial charge in [-0.05, 0) is 38.5 Å². The Morgan fingerprint density at radius 2 is 1.75 bits per heavy atom. The van der Waals surface area contributed by atoms with Crippen LogP contribution in [0.2, 0.25) is 0 Å².